The summed E-state index contributed by atoms with van der Waals surface area (Å²) in [6, 6.07) is 3.67. The highest BCUT2D eigenvalue weighted by Gasteiger charge is 2.24. The van der Waals surface area contributed by atoms with Gasteiger partial charge in [-0.05, 0) is 37.4 Å². The third-order valence-electron chi connectivity index (χ3n) is 3.65. The van der Waals surface area contributed by atoms with Crippen molar-refractivity contribution in [2.75, 3.05) is 19.6 Å². The van der Waals surface area contributed by atoms with Gasteiger partial charge in [-0.1, -0.05) is 0 Å². The Kier molecular flexibility index (Phi) is 4.19. The topological polar surface area (TPSA) is 110 Å². The molecule has 108 valence electrons. The third-order valence-corrected chi connectivity index (χ3v) is 3.65. The van der Waals surface area contributed by atoms with Crippen molar-refractivity contribution >= 4 is 11.6 Å². The molecule has 1 aliphatic heterocycles. The lowest BCUT2D eigenvalue weighted by Gasteiger charge is -2.31. The number of phenols is 1. The molecule has 2 rings (SSSR count). The molecule has 0 spiro atoms. The van der Waals surface area contributed by atoms with Crippen LogP contribution >= 0.6 is 0 Å². The van der Waals surface area contributed by atoms with Crippen molar-refractivity contribution in [1.82, 2.24) is 4.90 Å². The lowest BCUT2D eigenvalue weighted by Crippen LogP contribution is -2.40. The van der Waals surface area contributed by atoms with E-state index in [-0.39, 0.29) is 11.5 Å². The van der Waals surface area contributed by atoms with Gasteiger partial charge in [-0.2, -0.15) is 0 Å². The van der Waals surface area contributed by atoms with Crippen LogP contribution in [0.3, 0.4) is 0 Å². The molecule has 1 fully saturated rings. The normalized spacial score (nSPS) is 16.1. The van der Waals surface area contributed by atoms with E-state index in [9.17, 15) is 20.0 Å². The predicted octanol–water partition coefficient (Wildman–Crippen LogP) is 1.11. The highest BCUT2D eigenvalue weighted by Crippen LogP contribution is 2.27. The van der Waals surface area contributed by atoms with Crippen molar-refractivity contribution in [1.29, 1.82) is 0 Å². The fourth-order valence-electron chi connectivity index (χ4n) is 2.37. The molecule has 7 heteroatoms. The lowest BCUT2D eigenvalue weighted by atomic mass is 9.96. The average molecular weight is 279 g/mol. The van der Waals surface area contributed by atoms with Gasteiger partial charge in [-0.15, -0.1) is 0 Å². The first-order valence-electron chi connectivity index (χ1n) is 6.49. The van der Waals surface area contributed by atoms with E-state index in [2.05, 4.69) is 0 Å². The quantitative estimate of drug-likeness (QED) is 0.636. The summed E-state index contributed by atoms with van der Waals surface area (Å²) in [5.41, 5.74) is 5.46. The molecule has 3 N–H and O–H groups in total. The second-order valence-corrected chi connectivity index (χ2v) is 4.93. The molecule has 0 unspecified atom stereocenters. The Morgan fingerprint density at radius 3 is 2.60 bits per heavy atom. The Morgan fingerprint density at radius 2 is 2.10 bits per heavy atom. The van der Waals surface area contributed by atoms with Gasteiger partial charge in [0, 0.05) is 24.7 Å². The number of carbonyl (C=O) groups excluding carboxylic acids is 1. The zero-order chi connectivity index (χ0) is 14.7. The van der Waals surface area contributed by atoms with E-state index in [0.29, 0.717) is 25.6 Å². The van der Waals surface area contributed by atoms with Gasteiger partial charge in [-0.3, -0.25) is 14.9 Å². The van der Waals surface area contributed by atoms with Gasteiger partial charge in [-0.25, -0.2) is 0 Å². The zero-order valence-electron chi connectivity index (χ0n) is 11.0. The lowest BCUT2D eigenvalue weighted by molar-refractivity contribution is -0.385. The maximum atomic E-state index is 12.2. The largest absolute Gasteiger partial charge is 0.502 e. The first-order chi connectivity index (χ1) is 9.52. The summed E-state index contributed by atoms with van der Waals surface area (Å²) in [5, 5.41) is 20.2. The minimum Gasteiger partial charge on any atom is -0.502 e. The van der Waals surface area contributed by atoms with Gasteiger partial charge in [0.1, 0.15) is 0 Å². The number of amides is 1. The molecule has 0 atom stereocenters. The number of likely N-dealkylation sites (tertiary alicyclic amines) is 1. The van der Waals surface area contributed by atoms with Crippen LogP contribution in [0.1, 0.15) is 23.2 Å². The Hall–Kier alpha value is -2.15. The molecule has 1 aromatic rings. The van der Waals surface area contributed by atoms with Gasteiger partial charge < -0.3 is 15.7 Å². The van der Waals surface area contributed by atoms with E-state index in [1.54, 1.807) is 4.90 Å². The van der Waals surface area contributed by atoms with E-state index >= 15 is 0 Å². The number of nitro benzene ring substituents is 1. The Labute approximate surface area is 116 Å². The Morgan fingerprint density at radius 1 is 1.45 bits per heavy atom. The number of hydrogen-bond acceptors (Lipinski definition) is 5. The molecule has 20 heavy (non-hydrogen) atoms. The number of nitrogens with zero attached hydrogens (tertiary/aromatic N) is 2. The van der Waals surface area contributed by atoms with E-state index in [4.69, 9.17) is 5.73 Å². The Bertz CT molecular complexity index is 524. The van der Waals surface area contributed by atoms with Crippen molar-refractivity contribution < 1.29 is 14.8 Å². The zero-order valence-corrected chi connectivity index (χ0v) is 11.0. The summed E-state index contributed by atoms with van der Waals surface area (Å²) in [6.45, 7) is 1.87. The van der Waals surface area contributed by atoms with E-state index < -0.39 is 16.4 Å². The van der Waals surface area contributed by atoms with Crippen LogP contribution in [0.15, 0.2) is 18.2 Å². The van der Waals surface area contributed by atoms with Crippen LogP contribution in [-0.2, 0) is 0 Å². The van der Waals surface area contributed by atoms with Crippen LogP contribution in [-0.4, -0.2) is 40.5 Å². The molecule has 1 amide bonds. The number of nitro groups is 1. The summed E-state index contributed by atoms with van der Waals surface area (Å²) in [5.74, 6) is -0.257. The average Bonchev–Trinajstić information content (AvgIpc) is 2.46. The summed E-state index contributed by atoms with van der Waals surface area (Å²) in [7, 11) is 0. The Balaban J connectivity index is 2.10. The van der Waals surface area contributed by atoms with Gasteiger partial charge in [0.15, 0.2) is 5.75 Å². The van der Waals surface area contributed by atoms with Gasteiger partial charge in [0.2, 0.25) is 0 Å². The number of benzene rings is 1. The molecule has 0 aliphatic carbocycles. The number of nitrogens with two attached hydrogens (primary N) is 1. The molecule has 0 bridgehead atoms. The standard InChI is InChI=1S/C13H17N3O4/c14-8-9-3-5-15(6-4-9)13(18)10-1-2-11(16(19)20)12(17)7-10/h1-2,7,9,17H,3-6,8,14H2. The van der Waals surface area contributed by atoms with Crippen LogP contribution in [0.5, 0.6) is 5.75 Å². The molecule has 7 nitrogen and oxygen atoms in total. The van der Waals surface area contributed by atoms with Crippen LogP contribution < -0.4 is 5.73 Å². The number of phenolic OH excluding ortho intramolecular Hbond substituents is 1. The van der Waals surface area contributed by atoms with Gasteiger partial charge in [0.05, 0.1) is 4.92 Å². The number of rotatable bonds is 3. The molecule has 1 heterocycles. The molecule has 0 aromatic heterocycles. The van der Waals surface area contributed by atoms with Crippen molar-refractivity contribution in [2.24, 2.45) is 11.7 Å². The molecule has 0 saturated carbocycles. The van der Waals surface area contributed by atoms with Crippen LogP contribution in [0.25, 0.3) is 0 Å². The molecule has 1 aliphatic rings. The van der Waals surface area contributed by atoms with Crippen molar-refractivity contribution in [3.05, 3.63) is 33.9 Å². The molecule has 1 aromatic carbocycles. The third kappa shape index (κ3) is 2.88. The summed E-state index contributed by atoms with van der Waals surface area (Å²) >= 11 is 0. The SMILES string of the molecule is NCC1CCN(C(=O)c2ccc([N+](=O)[O-])c(O)c2)CC1. The minimum absolute atomic E-state index is 0.217. The predicted molar refractivity (Wildman–Crippen MR) is 72.4 cm³/mol. The monoisotopic (exact) mass is 279 g/mol. The number of piperidine rings is 1. The fraction of sp³-hybridized carbons (Fsp3) is 0.462. The van der Waals surface area contributed by atoms with Crippen LogP contribution in [0.4, 0.5) is 5.69 Å². The number of hydrogen-bond donors (Lipinski definition) is 2. The second-order valence-electron chi connectivity index (χ2n) is 4.93. The summed E-state index contributed by atoms with van der Waals surface area (Å²) < 4.78 is 0. The fourth-order valence-corrected chi connectivity index (χ4v) is 2.37. The van der Waals surface area contributed by atoms with Crippen molar-refractivity contribution in [3.8, 4) is 5.75 Å². The highest BCUT2D eigenvalue weighted by atomic mass is 16.6. The number of carbonyl (C=O) groups is 1. The van der Waals surface area contributed by atoms with Crippen molar-refractivity contribution in [3.63, 3.8) is 0 Å². The molecule has 0 radical (unpaired) electrons. The molecular weight excluding hydrogens is 262 g/mol. The number of aromatic hydroxyl groups is 1. The molecular formula is C13H17N3O4. The van der Waals surface area contributed by atoms with E-state index in [1.165, 1.54) is 6.07 Å². The van der Waals surface area contributed by atoms with E-state index in [0.717, 1.165) is 25.0 Å². The first kappa shape index (κ1) is 14.3. The van der Waals surface area contributed by atoms with Gasteiger partial charge >= 0.3 is 5.69 Å². The molecule has 1 saturated heterocycles. The maximum absolute atomic E-state index is 12.2. The van der Waals surface area contributed by atoms with Crippen molar-refractivity contribution in [2.45, 2.75) is 12.8 Å². The highest BCUT2D eigenvalue weighted by molar-refractivity contribution is 5.95. The minimum atomic E-state index is -0.684. The van der Waals surface area contributed by atoms with Crippen LogP contribution in [0, 0.1) is 16.0 Å². The maximum Gasteiger partial charge on any atom is 0.310 e. The summed E-state index contributed by atoms with van der Waals surface area (Å²) in [4.78, 5) is 23.9. The van der Waals surface area contributed by atoms with Gasteiger partial charge in [0.25, 0.3) is 5.91 Å². The summed E-state index contributed by atoms with van der Waals surface area (Å²) in [6.07, 6.45) is 1.72. The van der Waals surface area contributed by atoms with Crippen LogP contribution in [0.2, 0.25) is 0 Å². The van der Waals surface area contributed by atoms with E-state index in [1.807, 2.05) is 0 Å². The first-order valence-corrected chi connectivity index (χ1v) is 6.49. The second kappa shape index (κ2) is 5.87. The smallest absolute Gasteiger partial charge is 0.310 e.